The highest BCUT2D eigenvalue weighted by Gasteiger charge is 2.46. The van der Waals surface area contributed by atoms with Crippen LogP contribution < -0.4 is 19.9 Å². The van der Waals surface area contributed by atoms with Crippen molar-refractivity contribution in [2.24, 2.45) is 0 Å². The van der Waals surface area contributed by atoms with Crippen LogP contribution >= 0.6 is 22.9 Å². The number of hydrogen-bond acceptors (Lipinski definition) is 7. The fourth-order valence-electron chi connectivity index (χ4n) is 4.55. The van der Waals surface area contributed by atoms with Crippen LogP contribution in [-0.2, 0) is 14.3 Å². The number of nitrogens with zero attached hydrogens (tertiary/aromatic N) is 2. The van der Waals surface area contributed by atoms with E-state index in [1.54, 1.807) is 34.1 Å². The Kier molecular flexibility index (Phi) is 5.51. The van der Waals surface area contributed by atoms with Gasteiger partial charge in [0.15, 0.2) is 0 Å². The maximum atomic E-state index is 12.8. The Hall–Kier alpha value is -3.34. The second-order valence-electron chi connectivity index (χ2n) is 8.42. The highest BCUT2D eigenvalue weighted by atomic mass is 35.5. The fraction of sp³-hybridized carbons (Fsp3) is 0.292. The van der Waals surface area contributed by atoms with Crippen LogP contribution in [0.5, 0.6) is 5.75 Å². The molecule has 3 aromatic rings. The van der Waals surface area contributed by atoms with Gasteiger partial charge in [-0.15, -0.1) is 11.3 Å². The molecule has 1 N–H and O–H groups in total. The van der Waals surface area contributed by atoms with Crippen molar-refractivity contribution in [2.45, 2.75) is 12.1 Å². The highest BCUT2D eigenvalue weighted by Crippen LogP contribution is 2.41. The molecule has 3 aliphatic heterocycles. The number of halogens is 1. The summed E-state index contributed by atoms with van der Waals surface area (Å²) in [5.74, 6) is 0.139. The lowest BCUT2D eigenvalue weighted by atomic mass is 10.1. The molecule has 3 aliphatic rings. The van der Waals surface area contributed by atoms with Crippen LogP contribution in [0.3, 0.4) is 0 Å². The molecule has 0 bridgehead atoms. The van der Waals surface area contributed by atoms with Gasteiger partial charge in [0.1, 0.15) is 31.1 Å². The largest absolute Gasteiger partial charge is 0.489 e. The molecule has 1 aromatic heterocycles. The predicted molar refractivity (Wildman–Crippen MR) is 131 cm³/mol. The quantitative estimate of drug-likeness (QED) is 0.574. The van der Waals surface area contributed by atoms with E-state index in [4.69, 9.17) is 25.8 Å². The lowest BCUT2D eigenvalue weighted by Crippen LogP contribution is -2.48. The zero-order chi connectivity index (χ0) is 24.1. The molecule has 2 fully saturated rings. The van der Waals surface area contributed by atoms with Gasteiger partial charge < -0.3 is 24.4 Å². The first-order chi connectivity index (χ1) is 17.0. The van der Waals surface area contributed by atoms with Gasteiger partial charge in [-0.1, -0.05) is 17.7 Å². The van der Waals surface area contributed by atoms with Crippen LogP contribution in [0.25, 0.3) is 10.1 Å². The molecule has 0 radical (unpaired) electrons. The van der Waals surface area contributed by atoms with Gasteiger partial charge in [-0.3, -0.25) is 14.5 Å². The van der Waals surface area contributed by atoms with Gasteiger partial charge in [-0.05, 0) is 35.7 Å². The number of morpholine rings is 1. The Morgan fingerprint density at radius 2 is 2.06 bits per heavy atom. The van der Waals surface area contributed by atoms with Crippen molar-refractivity contribution < 1.29 is 28.6 Å². The van der Waals surface area contributed by atoms with E-state index < -0.39 is 12.2 Å². The first-order valence-electron chi connectivity index (χ1n) is 11.1. The van der Waals surface area contributed by atoms with Crippen LogP contribution in [0.1, 0.15) is 9.67 Å². The van der Waals surface area contributed by atoms with E-state index >= 15 is 0 Å². The zero-order valence-corrected chi connectivity index (χ0v) is 19.9. The molecular weight excluding hydrogens is 494 g/mol. The van der Waals surface area contributed by atoms with E-state index in [1.165, 1.54) is 11.3 Å². The summed E-state index contributed by atoms with van der Waals surface area (Å²) in [7, 11) is 0. The Morgan fingerprint density at radius 3 is 2.91 bits per heavy atom. The van der Waals surface area contributed by atoms with Crippen molar-refractivity contribution in [1.29, 1.82) is 0 Å². The Bertz CT molecular complexity index is 1360. The number of anilines is 2. The standard InChI is InChI=1S/C24H20ClN3O6S/c25-14-2-1-13-7-21(35-20(13)8-14)23(30)26-10-19-17-11-33-18-9-15(27-5-6-32-12-22(27)29)3-4-16(18)28(17)24(31)34-19/h1-4,7-9,17,19H,5-6,10-12H2,(H,26,30). The monoisotopic (exact) mass is 513 g/mol. The number of carbonyl (C=O) groups is 3. The molecule has 0 saturated carbocycles. The van der Waals surface area contributed by atoms with Gasteiger partial charge in [0.25, 0.3) is 11.8 Å². The van der Waals surface area contributed by atoms with E-state index in [9.17, 15) is 14.4 Å². The van der Waals surface area contributed by atoms with E-state index in [0.717, 1.165) is 10.1 Å². The van der Waals surface area contributed by atoms with E-state index in [2.05, 4.69) is 5.32 Å². The summed E-state index contributed by atoms with van der Waals surface area (Å²) in [6.45, 7) is 1.33. The molecule has 6 rings (SSSR count). The molecular formula is C24H20ClN3O6S. The molecule has 0 spiro atoms. The Labute approximate surface area is 209 Å². The first-order valence-corrected chi connectivity index (χ1v) is 12.3. The molecule has 4 heterocycles. The maximum Gasteiger partial charge on any atom is 0.415 e. The minimum atomic E-state index is -0.566. The Morgan fingerprint density at radius 1 is 1.17 bits per heavy atom. The molecule has 0 aliphatic carbocycles. The minimum Gasteiger partial charge on any atom is -0.489 e. The normalized spacial score (nSPS) is 21.4. The number of carbonyl (C=O) groups excluding carboxylic acids is 3. The maximum absolute atomic E-state index is 12.8. The van der Waals surface area contributed by atoms with Gasteiger partial charge in [0.2, 0.25) is 0 Å². The smallest absolute Gasteiger partial charge is 0.415 e. The second-order valence-corrected chi connectivity index (χ2v) is 9.94. The molecule has 2 aromatic carbocycles. The molecule has 2 unspecified atom stereocenters. The van der Waals surface area contributed by atoms with E-state index in [-0.39, 0.29) is 37.6 Å². The van der Waals surface area contributed by atoms with Crippen LogP contribution in [0.15, 0.2) is 42.5 Å². The summed E-state index contributed by atoms with van der Waals surface area (Å²) >= 11 is 7.40. The van der Waals surface area contributed by atoms with Crippen molar-refractivity contribution in [3.8, 4) is 5.75 Å². The van der Waals surface area contributed by atoms with Gasteiger partial charge >= 0.3 is 6.09 Å². The number of cyclic esters (lactones) is 1. The van der Waals surface area contributed by atoms with Crippen LogP contribution in [-0.4, -0.2) is 63.0 Å². The van der Waals surface area contributed by atoms with Gasteiger partial charge in [0, 0.05) is 28.0 Å². The number of thiophene rings is 1. The van der Waals surface area contributed by atoms with Gasteiger partial charge in [-0.2, -0.15) is 0 Å². The zero-order valence-electron chi connectivity index (χ0n) is 18.4. The summed E-state index contributed by atoms with van der Waals surface area (Å²) in [6.07, 6.45) is -1.06. The van der Waals surface area contributed by atoms with Crippen molar-refractivity contribution in [2.75, 3.05) is 42.7 Å². The predicted octanol–water partition coefficient (Wildman–Crippen LogP) is 3.43. The molecule has 2 saturated heterocycles. The third-order valence-electron chi connectivity index (χ3n) is 6.29. The molecule has 3 amide bonds. The van der Waals surface area contributed by atoms with Crippen molar-refractivity contribution >= 4 is 62.3 Å². The highest BCUT2D eigenvalue weighted by molar-refractivity contribution is 7.20. The summed E-state index contributed by atoms with van der Waals surface area (Å²) < 4.78 is 17.7. The van der Waals surface area contributed by atoms with Gasteiger partial charge in [-0.25, -0.2) is 4.79 Å². The van der Waals surface area contributed by atoms with Crippen molar-refractivity contribution in [3.05, 3.63) is 52.4 Å². The number of nitrogens with one attached hydrogen (secondary N) is 1. The summed E-state index contributed by atoms with van der Waals surface area (Å²) in [6, 6.07) is 12.2. The number of benzene rings is 2. The summed E-state index contributed by atoms with van der Waals surface area (Å²) in [4.78, 5) is 41.4. The Balaban J connectivity index is 1.16. The molecule has 9 nitrogen and oxygen atoms in total. The summed E-state index contributed by atoms with van der Waals surface area (Å²) in [5.41, 5.74) is 1.27. The first kappa shape index (κ1) is 22.1. The van der Waals surface area contributed by atoms with Crippen molar-refractivity contribution in [3.63, 3.8) is 0 Å². The SMILES string of the molecule is O=C(NCC1OC(=O)N2c3ccc(N4CCOCC4=O)cc3OCC12)c1cc2ccc(Cl)cc2s1. The lowest BCUT2D eigenvalue weighted by molar-refractivity contribution is -0.125. The number of ether oxygens (including phenoxy) is 3. The average molecular weight is 514 g/mol. The topological polar surface area (TPSA) is 97.4 Å². The number of amides is 3. The van der Waals surface area contributed by atoms with Crippen LogP contribution in [0.2, 0.25) is 5.02 Å². The van der Waals surface area contributed by atoms with Crippen LogP contribution in [0, 0.1) is 0 Å². The third kappa shape index (κ3) is 3.97. The minimum absolute atomic E-state index is 0.0428. The lowest BCUT2D eigenvalue weighted by Gasteiger charge is -2.33. The average Bonchev–Trinajstić information content (AvgIpc) is 3.43. The van der Waals surface area contributed by atoms with Crippen LogP contribution in [0.4, 0.5) is 16.2 Å². The molecule has 180 valence electrons. The van der Waals surface area contributed by atoms with E-state index in [1.807, 2.05) is 18.2 Å². The third-order valence-corrected chi connectivity index (χ3v) is 7.62. The fourth-order valence-corrected chi connectivity index (χ4v) is 5.81. The van der Waals surface area contributed by atoms with Gasteiger partial charge in [0.05, 0.1) is 23.7 Å². The summed E-state index contributed by atoms with van der Waals surface area (Å²) in [5, 5.41) is 4.43. The second kappa shape index (κ2) is 8.71. The van der Waals surface area contributed by atoms with E-state index in [0.29, 0.717) is 40.2 Å². The number of hydrogen-bond donors (Lipinski definition) is 1. The molecule has 11 heteroatoms. The number of rotatable bonds is 4. The number of fused-ring (bicyclic) bond motifs is 4. The molecule has 2 atom stereocenters. The molecule has 35 heavy (non-hydrogen) atoms. The van der Waals surface area contributed by atoms with Crippen molar-refractivity contribution in [1.82, 2.24) is 5.32 Å².